The molecule has 2 rings (SSSR count). The van der Waals surface area contributed by atoms with E-state index in [4.69, 9.17) is 14.6 Å². The first-order valence-corrected chi connectivity index (χ1v) is 7.34. The molecule has 0 radical (unpaired) electrons. The van der Waals surface area contributed by atoms with E-state index in [2.05, 4.69) is 11.0 Å². The van der Waals surface area contributed by atoms with E-state index in [1.54, 1.807) is 14.2 Å². The molecule has 0 aromatic heterocycles. The topological polar surface area (TPSA) is 41.9 Å². The van der Waals surface area contributed by atoms with Crippen molar-refractivity contribution >= 4 is 0 Å². The Bertz CT molecular complexity index is 418. The highest BCUT2D eigenvalue weighted by molar-refractivity contribution is 5.42. The maximum atomic E-state index is 9.04. The van der Waals surface area contributed by atoms with Gasteiger partial charge >= 0.3 is 0 Å². The Kier molecular flexibility index (Phi) is 5.68. The molecule has 4 nitrogen and oxygen atoms in total. The van der Waals surface area contributed by atoms with Crippen LogP contribution in [-0.4, -0.2) is 43.4 Å². The van der Waals surface area contributed by atoms with Crippen molar-refractivity contribution in [2.45, 2.75) is 38.3 Å². The van der Waals surface area contributed by atoms with Gasteiger partial charge in [-0.05, 0) is 37.0 Å². The molecule has 0 atom stereocenters. The molecule has 20 heavy (non-hydrogen) atoms. The van der Waals surface area contributed by atoms with Gasteiger partial charge in [0.15, 0.2) is 11.5 Å². The average Bonchev–Trinajstić information content (AvgIpc) is 2.42. The third kappa shape index (κ3) is 3.64. The van der Waals surface area contributed by atoms with Gasteiger partial charge < -0.3 is 14.6 Å². The molecule has 1 N–H and O–H groups in total. The van der Waals surface area contributed by atoms with Crippen molar-refractivity contribution in [1.29, 1.82) is 0 Å². The van der Waals surface area contributed by atoms with Gasteiger partial charge in [-0.2, -0.15) is 0 Å². The number of ether oxygens (including phenoxy) is 2. The van der Waals surface area contributed by atoms with Gasteiger partial charge in [0.25, 0.3) is 0 Å². The van der Waals surface area contributed by atoms with Crippen LogP contribution in [0.4, 0.5) is 0 Å². The molecule has 0 amide bonds. The van der Waals surface area contributed by atoms with E-state index in [9.17, 15) is 0 Å². The highest BCUT2D eigenvalue weighted by Gasteiger charge is 2.24. The summed E-state index contributed by atoms with van der Waals surface area (Å²) in [5, 5.41) is 9.04. The smallest absolute Gasteiger partial charge is 0.161 e. The molecular formula is C16H25NO3. The number of hydrogen-bond acceptors (Lipinski definition) is 4. The first-order valence-electron chi connectivity index (χ1n) is 7.34. The summed E-state index contributed by atoms with van der Waals surface area (Å²) in [4.78, 5) is 2.47. The third-order valence-corrected chi connectivity index (χ3v) is 4.03. The Morgan fingerprint density at radius 1 is 1.20 bits per heavy atom. The number of methoxy groups -OCH3 is 2. The van der Waals surface area contributed by atoms with Crippen LogP contribution in [-0.2, 0) is 6.54 Å². The largest absolute Gasteiger partial charge is 0.493 e. The monoisotopic (exact) mass is 279 g/mol. The van der Waals surface area contributed by atoms with Gasteiger partial charge in [0.2, 0.25) is 0 Å². The molecule has 4 heteroatoms. The summed E-state index contributed by atoms with van der Waals surface area (Å²) in [5.74, 6) is 1.54. The predicted octanol–water partition coefficient (Wildman–Crippen LogP) is 2.44. The Hall–Kier alpha value is -1.26. The van der Waals surface area contributed by atoms with Gasteiger partial charge in [-0.25, -0.2) is 0 Å². The first kappa shape index (κ1) is 15.1. The summed E-state index contributed by atoms with van der Waals surface area (Å²) in [6.45, 7) is 2.12. The van der Waals surface area contributed by atoms with Crippen LogP contribution >= 0.6 is 0 Å². The molecular weight excluding hydrogens is 254 g/mol. The molecule has 0 spiro atoms. The minimum Gasteiger partial charge on any atom is -0.493 e. The molecule has 1 aromatic rings. The second kappa shape index (κ2) is 7.50. The van der Waals surface area contributed by atoms with Crippen molar-refractivity contribution in [2.24, 2.45) is 0 Å². The van der Waals surface area contributed by atoms with Gasteiger partial charge in [0, 0.05) is 25.7 Å². The first-order chi connectivity index (χ1) is 9.78. The fourth-order valence-corrected chi connectivity index (χ4v) is 2.63. The second-order valence-electron chi connectivity index (χ2n) is 5.32. The lowest BCUT2D eigenvalue weighted by molar-refractivity contribution is 0.109. The second-order valence-corrected chi connectivity index (χ2v) is 5.32. The maximum absolute atomic E-state index is 9.04. The summed E-state index contributed by atoms with van der Waals surface area (Å²) in [5.41, 5.74) is 1.23. The Balaban J connectivity index is 2.05. The quantitative estimate of drug-likeness (QED) is 0.793. The molecule has 0 heterocycles. The van der Waals surface area contributed by atoms with Crippen LogP contribution in [0.15, 0.2) is 18.2 Å². The standard InChI is InChI=1S/C16H25NO3/c1-19-15-8-7-13(11-16(15)20-2)12-17(9-4-10-18)14-5-3-6-14/h7-8,11,14,18H,3-6,9-10,12H2,1-2H3. The van der Waals surface area contributed by atoms with Crippen molar-refractivity contribution in [3.8, 4) is 11.5 Å². The molecule has 0 aliphatic heterocycles. The van der Waals surface area contributed by atoms with E-state index in [1.807, 2.05) is 12.1 Å². The zero-order valence-corrected chi connectivity index (χ0v) is 12.5. The molecule has 0 saturated heterocycles. The predicted molar refractivity (Wildman–Crippen MR) is 79.3 cm³/mol. The zero-order chi connectivity index (χ0) is 14.4. The van der Waals surface area contributed by atoms with Crippen LogP contribution in [0.3, 0.4) is 0 Å². The minimum atomic E-state index is 0.259. The van der Waals surface area contributed by atoms with Crippen LogP contribution in [0.1, 0.15) is 31.2 Å². The summed E-state index contributed by atoms with van der Waals surface area (Å²) in [6, 6.07) is 6.77. The lowest BCUT2D eigenvalue weighted by atomic mass is 9.91. The van der Waals surface area contributed by atoms with Gasteiger partial charge in [-0.3, -0.25) is 4.90 Å². The highest BCUT2D eigenvalue weighted by Crippen LogP contribution is 2.30. The summed E-state index contributed by atoms with van der Waals surface area (Å²) in [7, 11) is 3.32. The van der Waals surface area contributed by atoms with E-state index in [0.29, 0.717) is 6.04 Å². The zero-order valence-electron chi connectivity index (χ0n) is 12.5. The number of benzene rings is 1. The van der Waals surface area contributed by atoms with Crippen molar-refractivity contribution < 1.29 is 14.6 Å². The van der Waals surface area contributed by atoms with E-state index >= 15 is 0 Å². The van der Waals surface area contributed by atoms with Crippen molar-refractivity contribution in [1.82, 2.24) is 4.90 Å². The SMILES string of the molecule is COc1ccc(CN(CCCO)C2CCC2)cc1OC. The molecule has 1 aliphatic carbocycles. The van der Waals surface area contributed by atoms with Gasteiger partial charge in [0.05, 0.1) is 14.2 Å². The van der Waals surface area contributed by atoms with Crippen LogP contribution in [0.25, 0.3) is 0 Å². The van der Waals surface area contributed by atoms with Crippen LogP contribution < -0.4 is 9.47 Å². The summed E-state index contributed by atoms with van der Waals surface area (Å²) >= 11 is 0. The molecule has 1 fully saturated rings. The van der Waals surface area contributed by atoms with E-state index < -0.39 is 0 Å². The van der Waals surface area contributed by atoms with Gasteiger partial charge in [-0.15, -0.1) is 0 Å². The molecule has 1 saturated carbocycles. The Morgan fingerprint density at radius 3 is 2.50 bits per heavy atom. The molecule has 112 valence electrons. The number of nitrogens with zero attached hydrogens (tertiary/aromatic N) is 1. The highest BCUT2D eigenvalue weighted by atomic mass is 16.5. The Labute approximate surface area is 121 Å². The fourth-order valence-electron chi connectivity index (χ4n) is 2.63. The molecule has 0 unspecified atom stereocenters. The molecule has 0 bridgehead atoms. The number of rotatable bonds is 8. The minimum absolute atomic E-state index is 0.259. The van der Waals surface area contributed by atoms with Crippen LogP contribution in [0.5, 0.6) is 11.5 Å². The summed E-state index contributed by atoms with van der Waals surface area (Å²) in [6.07, 6.45) is 4.72. The van der Waals surface area contributed by atoms with Gasteiger partial charge in [-0.1, -0.05) is 12.5 Å². The Morgan fingerprint density at radius 2 is 1.95 bits per heavy atom. The fraction of sp³-hybridized carbons (Fsp3) is 0.625. The lowest BCUT2D eigenvalue weighted by Gasteiger charge is -2.37. The number of aliphatic hydroxyl groups is 1. The van der Waals surface area contributed by atoms with Crippen molar-refractivity contribution in [2.75, 3.05) is 27.4 Å². The van der Waals surface area contributed by atoms with Crippen LogP contribution in [0.2, 0.25) is 0 Å². The van der Waals surface area contributed by atoms with Crippen molar-refractivity contribution in [3.05, 3.63) is 23.8 Å². The number of hydrogen-bond donors (Lipinski definition) is 1. The van der Waals surface area contributed by atoms with Crippen molar-refractivity contribution in [3.63, 3.8) is 0 Å². The lowest BCUT2D eigenvalue weighted by Crippen LogP contribution is -2.40. The molecule has 1 aromatic carbocycles. The van der Waals surface area contributed by atoms with E-state index in [-0.39, 0.29) is 6.61 Å². The normalized spacial score (nSPS) is 15.2. The van der Waals surface area contributed by atoms with E-state index in [1.165, 1.54) is 24.8 Å². The average molecular weight is 279 g/mol. The van der Waals surface area contributed by atoms with Gasteiger partial charge in [0.1, 0.15) is 0 Å². The van der Waals surface area contributed by atoms with Crippen LogP contribution in [0, 0.1) is 0 Å². The maximum Gasteiger partial charge on any atom is 0.161 e. The third-order valence-electron chi connectivity index (χ3n) is 4.03. The number of aliphatic hydroxyl groups excluding tert-OH is 1. The summed E-state index contributed by atoms with van der Waals surface area (Å²) < 4.78 is 10.6. The molecule has 1 aliphatic rings. The van der Waals surface area contributed by atoms with E-state index in [0.717, 1.165) is 31.0 Å².